The first-order chi connectivity index (χ1) is 16.7. The fourth-order valence-electron chi connectivity index (χ4n) is 8.15. The Morgan fingerprint density at radius 3 is 2.51 bits per heavy atom. The lowest BCUT2D eigenvalue weighted by atomic mass is 9.57. The number of rotatable bonds is 4. The fraction of sp³-hybridized carbons (Fsp3) is 0.731. The second-order valence-corrected chi connectivity index (χ2v) is 13.0. The number of methoxy groups -OCH3 is 1. The van der Waals surface area contributed by atoms with Crippen LogP contribution >= 0.6 is 0 Å². The standard InChI is InChI=1S/C26H37FN2O5S/c1-17(31)29-16-26(9-11-28(12-10-26)35(32,33)24-6-4-3-5-22(24)27)25-20-8-7-19(34-2)13-18(20)14-21(25)23(29)15-30/h3-6,18-21,23,25,30H,7-16H2,1-2H3/t18?,19?,20?,21?,23-,25?/m0/s1. The first-order valence-electron chi connectivity index (χ1n) is 12.9. The molecule has 0 bridgehead atoms. The van der Waals surface area contributed by atoms with Gasteiger partial charge in [-0.15, -0.1) is 0 Å². The van der Waals surface area contributed by atoms with Crippen LogP contribution in [0.1, 0.15) is 45.4 Å². The molecule has 7 nitrogen and oxygen atoms in total. The van der Waals surface area contributed by atoms with Gasteiger partial charge in [0.05, 0.1) is 18.8 Å². The lowest BCUT2D eigenvalue weighted by Crippen LogP contribution is -2.63. The molecule has 1 spiro atoms. The van der Waals surface area contributed by atoms with E-state index < -0.39 is 15.8 Å². The zero-order valence-corrected chi connectivity index (χ0v) is 21.4. The topological polar surface area (TPSA) is 87.2 Å². The molecule has 2 heterocycles. The summed E-state index contributed by atoms with van der Waals surface area (Å²) < 4.78 is 47.9. The number of hydrogen-bond donors (Lipinski definition) is 1. The van der Waals surface area contributed by atoms with Crippen molar-refractivity contribution >= 4 is 15.9 Å². The summed E-state index contributed by atoms with van der Waals surface area (Å²) in [5.74, 6) is 0.792. The van der Waals surface area contributed by atoms with Crippen LogP contribution in [-0.4, -0.2) is 74.1 Å². The van der Waals surface area contributed by atoms with Gasteiger partial charge in [0.1, 0.15) is 10.7 Å². The molecule has 0 radical (unpaired) electrons. The van der Waals surface area contributed by atoms with Crippen molar-refractivity contribution in [3.05, 3.63) is 30.1 Å². The fourth-order valence-corrected chi connectivity index (χ4v) is 9.66. The second-order valence-electron chi connectivity index (χ2n) is 11.1. The van der Waals surface area contributed by atoms with Crippen LogP contribution in [0.25, 0.3) is 0 Å². The van der Waals surface area contributed by atoms with Crippen LogP contribution in [0.5, 0.6) is 0 Å². The van der Waals surface area contributed by atoms with Gasteiger partial charge in [0.2, 0.25) is 15.9 Å². The van der Waals surface area contributed by atoms with E-state index in [-0.39, 0.29) is 40.9 Å². The maximum atomic E-state index is 14.3. The maximum Gasteiger partial charge on any atom is 0.245 e. The van der Waals surface area contributed by atoms with Crippen LogP contribution in [0.15, 0.2) is 29.2 Å². The average molecular weight is 509 g/mol. The van der Waals surface area contributed by atoms with Crippen LogP contribution < -0.4 is 0 Å². The van der Waals surface area contributed by atoms with Gasteiger partial charge in [-0.1, -0.05) is 12.1 Å². The van der Waals surface area contributed by atoms with Gasteiger partial charge in [-0.3, -0.25) is 4.79 Å². The molecule has 0 aromatic heterocycles. The Morgan fingerprint density at radius 2 is 1.89 bits per heavy atom. The molecule has 2 aliphatic carbocycles. The molecule has 1 amide bonds. The van der Waals surface area contributed by atoms with E-state index in [1.54, 1.807) is 20.1 Å². The molecule has 2 saturated carbocycles. The number of benzene rings is 1. The summed E-state index contributed by atoms with van der Waals surface area (Å²) in [5, 5.41) is 10.3. The number of ether oxygens (including phenoxy) is 1. The molecular weight excluding hydrogens is 471 g/mol. The van der Waals surface area contributed by atoms with E-state index in [1.165, 1.54) is 22.5 Å². The Bertz CT molecular complexity index is 1060. The molecule has 2 aliphatic heterocycles. The number of sulfonamides is 1. The van der Waals surface area contributed by atoms with Crippen molar-refractivity contribution in [3.8, 4) is 0 Å². The lowest BCUT2D eigenvalue weighted by Gasteiger charge is -2.57. The van der Waals surface area contributed by atoms with Crippen molar-refractivity contribution in [2.45, 2.75) is 62.5 Å². The molecule has 5 unspecified atom stereocenters. The summed E-state index contributed by atoms with van der Waals surface area (Å²) in [6.07, 6.45) is 5.62. The highest BCUT2D eigenvalue weighted by Crippen LogP contribution is 2.62. The van der Waals surface area contributed by atoms with Crippen LogP contribution in [0.4, 0.5) is 4.39 Å². The second kappa shape index (κ2) is 9.39. The number of fused-ring (bicyclic) bond motifs is 4. The van der Waals surface area contributed by atoms with E-state index in [0.717, 1.165) is 25.7 Å². The monoisotopic (exact) mass is 508 g/mol. The minimum absolute atomic E-state index is 0.0343. The first kappa shape index (κ1) is 25.1. The van der Waals surface area contributed by atoms with E-state index >= 15 is 0 Å². The molecular formula is C26H37FN2O5S. The molecule has 1 aromatic carbocycles. The van der Waals surface area contributed by atoms with E-state index in [9.17, 15) is 22.7 Å². The van der Waals surface area contributed by atoms with Gasteiger partial charge in [-0.2, -0.15) is 4.31 Å². The zero-order chi connectivity index (χ0) is 25.0. The van der Waals surface area contributed by atoms with Gasteiger partial charge in [0, 0.05) is 33.7 Å². The number of piperidine rings is 2. The highest BCUT2D eigenvalue weighted by atomic mass is 32.2. The summed E-state index contributed by atoms with van der Waals surface area (Å²) in [6.45, 7) is 2.70. The largest absolute Gasteiger partial charge is 0.394 e. The molecule has 1 aromatic rings. The molecule has 194 valence electrons. The Kier molecular flexibility index (Phi) is 6.74. The average Bonchev–Trinajstić information content (AvgIpc) is 3.24. The summed E-state index contributed by atoms with van der Waals surface area (Å²) in [6, 6.07) is 5.35. The number of likely N-dealkylation sites (tertiary alicyclic amines) is 1. The minimum atomic E-state index is -3.93. The Hall–Kier alpha value is -1.55. The van der Waals surface area contributed by atoms with Crippen LogP contribution in [0.2, 0.25) is 0 Å². The Balaban J connectivity index is 1.44. The van der Waals surface area contributed by atoms with Crippen LogP contribution in [0.3, 0.4) is 0 Å². The number of halogens is 1. The van der Waals surface area contributed by atoms with Crippen molar-refractivity contribution in [1.82, 2.24) is 9.21 Å². The van der Waals surface area contributed by atoms with E-state index in [0.29, 0.717) is 50.2 Å². The maximum absolute atomic E-state index is 14.3. The number of amides is 1. The van der Waals surface area contributed by atoms with Gasteiger partial charge in [-0.05, 0) is 79.7 Å². The number of carbonyl (C=O) groups is 1. The van der Waals surface area contributed by atoms with Crippen molar-refractivity contribution in [1.29, 1.82) is 0 Å². The predicted octanol–water partition coefficient (Wildman–Crippen LogP) is 2.89. The number of aliphatic hydroxyl groups is 1. The third kappa shape index (κ3) is 4.12. The lowest BCUT2D eigenvalue weighted by molar-refractivity contribution is -0.150. The van der Waals surface area contributed by atoms with Gasteiger partial charge in [0.15, 0.2) is 0 Å². The van der Waals surface area contributed by atoms with Gasteiger partial charge in [-0.25, -0.2) is 12.8 Å². The molecule has 5 rings (SSSR count). The number of hydrogen-bond acceptors (Lipinski definition) is 5. The van der Waals surface area contributed by atoms with Crippen molar-refractivity contribution in [2.75, 3.05) is 33.4 Å². The zero-order valence-electron chi connectivity index (χ0n) is 20.6. The van der Waals surface area contributed by atoms with Crippen molar-refractivity contribution < 1.29 is 27.4 Å². The van der Waals surface area contributed by atoms with Crippen molar-refractivity contribution in [2.24, 2.45) is 29.1 Å². The van der Waals surface area contributed by atoms with E-state index in [4.69, 9.17) is 4.74 Å². The molecule has 2 saturated heterocycles. The van der Waals surface area contributed by atoms with Gasteiger partial charge in [0.25, 0.3) is 0 Å². The summed E-state index contributed by atoms with van der Waals surface area (Å²) in [7, 11) is -2.16. The van der Waals surface area contributed by atoms with Gasteiger partial charge >= 0.3 is 0 Å². The number of carbonyl (C=O) groups excluding carboxylic acids is 1. The third-order valence-corrected chi connectivity index (χ3v) is 11.6. The first-order valence-corrected chi connectivity index (χ1v) is 14.3. The highest BCUT2D eigenvalue weighted by molar-refractivity contribution is 7.89. The molecule has 1 N–H and O–H groups in total. The highest BCUT2D eigenvalue weighted by Gasteiger charge is 2.61. The Labute approximate surface area is 207 Å². The SMILES string of the molecule is COC1CCC2C(C1)CC1C2C2(CCN(S(=O)(=O)c3ccccc3F)CC2)CN(C(C)=O)[C@H]1CO. The van der Waals surface area contributed by atoms with E-state index in [2.05, 4.69) is 0 Å². The van der Waals surface area contributed by atoms with E-state index in [1.807, 2.05) is 4.90 Å². The minimum Gasteiger partial charge on any atom is -0.394 e. The third-order valence-electron chi connectivity index (χ3n) is 9.67. The summed E-state index contributed by atoms with van der Waals surface area (Å²) in [5.41, 5.74) is -0.192. The quantitative estimate of drug-likeness (QED) is 0.676. The number of aliphatic hydroxyl groups excluding tert-OH is 1. The molecule has 4 fully saturated rings. The predicted molar refractivity (Wildman–Crippen MR) is 128 cm³/mol. The normalized spacial score (nSPS) is 35.0. The summed E-state index contributed by atoms with van der Waals surface area (Å²) >= 11 is 0. The number of nitrogens with zero attached hydrogens (tertiary/aromatic N) is 2. The van der Waals surface area contributed by atoms with Crippen LogP contribution in [0, 0.1) is 34.9 Å². The Morgan fingerprint density at radius 1 is 1.17 bits per heavy atom. The smallest absolute Gasteiger partial charge is 0.245 e. The van der Waals surface area contributed by atoms with Crippen molar-refractivity contribution in [3.63, 3.8) is 0 Å². The summed E-state index contributed by atoms with van der Waals surface area (Å²) in [4.78, 5) is 14.3. The van der Waals surface area contributed by atoms with Crippen LogP contribution in [-0.2, 0) is 19.6 Å². The van der Waals surface area contributed by atoms with Gasteiger partial charge < -0.3 is 14.7 Å². The molecule has 35 heavy (non-hydrogen) atoms. The molecule has 9 heteroatoms. The molecule has 6 atom stereocenters. The molecule has 4 aliphatic rings.